The predicted molar refractivity (Wildman–Crippen MR) is 121 cm³/mol. The molecule has 4 aromatic rings. The van der Waals surface area contributed by atoms with Crippen molar-refractivity contribution in [2.45, 2.75) is 24.4 Å². The van der Waals surface area contributed by atoms with Crippen LogP contribution in [0, 0.1) is 6.92 Å². The third kappa shape index (κ3) is 5.36. The van der Waals surface area contributed by atoms with Crippen LogP contribution in [0.25, 0.3) is 0 Å². The number of rotatable bonds is 8. The van der Waals surface area contributed by atoms with Crippen molar-refractivity contribution in [1.82, 2.24) is 14.9 Å². The number of para-hydroxylation sites is 1. The van der Waals surface area contributed by atoms with Gasteiger partial charge in [0.25, 0.3) is 0 Å². The first-order chi connectivity index (χ1) is 14.8. The van der Waals surface area contributed by atoms with Crippen LogP contribution in [0.5, 0.6) is 5.75 Å². The lowest BCUT2D eigenvalue weighted by Crippen LogP contribution is -1.99. The monoisotopic (exact) mass is 414 g/mol. The van der Waals surface area contributed by atoms with Crippen molar-refractivity contribution in [2.75, 3.05) is 0 Å². The van der Waals surface area contributed by atoms with E-state index >= 15 is 0 Å². The third-order valence-electron chi connectivity index (χ3n) is 4.47. The fraction of sp³-hybridized carbons (Fsp3) is 0.125. The lowest BCUT2D eigenvalue weighted by atomic mass is 10.1. The maximum atomic E-state index is 6.03. The van der Waals surface area contributed by atoms with Gasteiger partial charge in [-0.15, -0.1) is 10.2 Å². The molecule has 0 spiro atoms. The van der Waals surface area contributed by atoms with Gasteiger partial charge in [0.2, 0.25) is 5.16 Å². The number of ether oxygens (including phenoxy) is 1. The lowest BCUT2D eigenvalue weighted by Gasteiger charge is -2.09. The summed E-state index contributed by atoms with van der Waals surface area (Å²) in [6.45, 7) is 2.59. The molecule has 0 aliphatic rings. The van der Waals surface area contributed by atoms with Crippen molar-refractivity contribution >= 4 is 18.0 Å². The quantitative estimate of drug-likeness (QED) is 0.288. The number of benzene rings is 3. The Kier molecular flexibility index (Phi) is 6.57. The Morgan fingerprint density at radius 1 is 0.933 bits per heavy atom. The summed E-state index contributed by atoms with van der Waals surface area (Å²) in [5.74, 6) is 1.60. The zero-order valence-electron chi connectivity index (χ0n) is 16.7. The second-order valence-corrected chi connectivity index (χ2v) is 7.73. The minimum Gasteiger partial charge on any atom is -0.488 e. The summed E-state index contributed by atoms with van der Waals surface area (Å²) < 4.78 is 7.72. The fourth-order valence-electron chi connectivity index (χ4n) is 2.80. The molecule has 0 unspecified atom stereocenters. The molecule has 0 atom stereocenters. The molecule has 4 rings (SSSR count). The van der Waals surface area contributed by atoms with Crippen molar-refractivity contribution in [3.63, 3.8) is 0 Å². The molecule has 0 radical (unpaired) electrons. The highest BCUT2D eigenvalue weighted by atomic mass is 32.2. The smallest absolute Gasteiger partial charge is 0.212 e. The number of hydrogen-bond acceptors (Lipinski definition) is 5. The van der Waals surface area contributed by atoms with Crippen molar-refractivity contribution < 1.29 is 4.74 Å². The molecule has 1 aromatic heterocycles. The predicted octanol–water partition coefficient (Wildman–Crippen LogP) is 5.34. The molecule has 0 amide bonds. The van der Waals surface area contributed by atoms with Gasteiger partial charge in [-0.25, -0.2) is 0 Å². The van der Waals surface area contributed by atoms with Crippen LogP contribution in [0.15, 0.2) is 95.4 Å². The van der Waals surface area contributed by atoms with Gasteiger partial charge < -0.3 is 4.74 Å². The van der Waals surface area contributed by atoms with E-state index in [0.717, 1.165) is 27.8 Å². The molecule has 0 saturated carbocycles. The SMILES string of the molecule is Cc1ccc(COc2ccccc2/C=N/n2cnnc2SCc2ccccc2)cc1. The van der Waals surface area contributed by atoms with Crippen LogP contribution in [0.2, 0.25) is 0 Å². The van der Waals surface area contributed by atoms with Crippen LogP contribution in [0.4, 0.5) is 0 Å². The first-order valence-corrected chi connectivity index (χ1v) is 10.6. The van der Waals surface area contributed by atoms with E-state index in [-0.39, 0.29) is 0 Å². The van der Waals surface area contributed by atoms with Gasteiger partial charge in [-0.2, -0.15) is 9.78 Å². The molecule has 6 heteroatoms. The van der Waals surface area contributed by atoms with E-state index in [0.29, 0.717) is 6.61 Å². The molecule has 3 aromatic carbocycles. The Hall–Kier alpha value is -3.38. The first-order valence-electron chi connectivity index (χ1n) is 9.66. The standard InChI is InChI=1S/C24H22N4OS/c1-19-11-13-20(14-12-19)16-29-23-10-6-5-9-22(23)15-26-28-18-25-27-24(28)30-17-21-7-3-2-4-8-21/h2-15,18H,16-17H2,1H3/b26-15+. The molecule has 1 heterocycles. The summed E-state index contributed by atoms with van der Waals surface area (Å²) >= 11 is 1.60. The van der Waals surface area contributed by atoms with Crippen LogP contribution >= 0.6 is 11.8 Å². The summed E-state index contributed by atoms with van der Waals surface area (Å²) in [7, 11) is 0. The van der Waals surface area contributed by atoms with Crippen molar-refractivity contribution in [3.05, 3.63) is 107 Å². The van der Waals surface area contributed by atoms with E-state index in [1.54, 1.807) is 29.0 Å². The Morgan fingerprint density at radius 3 is 2.53 bits per heavy atom. The number of aryl methyl sites for hydroxylation is 1. The summed E-state index contributed by atoms with van der Waals surface area (Å²) in [6.07, 6.45) is 3.39. The maximum absolute atomic E-state index is 6.03. The number of nitrogens with zero attached hydrogens (tertiary/aromatic N) is 4. The normalized spacial score (nSPS) is 11.1. The Morgan fingerprint density at radius 2 is 1.70 bits per heavy atom. The number of aromatic nitrogens is 3. The highest BCUT2D eigenvalue weighted by Crippen LogP contribution is 2.21. The zero-order chi connectivity index (χ0) is 20.6. The minimum absolute atomic E-state index is 0.510. The molecule has 30 heavy (non-hydrogen) atoms. The van der Waals surface area contributed by atoms with Gasteiger partial charge in [-0.3, -0.25) is 0 Å². The second kappa shape index (κ2) is 9.89. The van der Waals surface area contributed by atoms with E-state index in [9.17, 15) is 0 Å². The highest BCUT2D eigenvalue weighted by Gasteiger charge is 2.06. The fourth-order valence-corrected chi connectivity index (χ4v) is 3.62. The molecular weight excluding hydrogens is 392 g/mol. The minimum atomic E-state index is 0.510. The van der Waals surface area contributed by atoms with Gasteiger partial charge in [0.15, 0.2) is 0 Å². The van der Waals surface area contributed by atoms with Crippen LogP contribution in [-0.2, 0) is 12.4 Å². The largest absolute Gasteiger partial charge is 0.488 e. The van der Waals surface area contributed by atoms with Gasteiger partial charge in [-0.05, 0) is 30.2 Å². The van der Waals surface area contributed by atoms with Crippen molar-refractivity contribution in [1.29, 1.82) is 0 Å². The summed E-state index contributed by atoms with van der Waals surface area (Å²) in [5, 5.41) is 13.5. The summed E-state index contributed by atoms with van der Waals surface area (Å²) in [5.41, 5.74) is 4.50. The van der Waals surface area contributed by atoms with Crippen molar-refractivity contribution in [2.24, 2.45) is 5.10 Å². The Balaban J connectivity index is 1.43. The first kappa shape index (κ1) is 19.9. The van der Waals surface area contributed by atoms with Crippen LogP contribution in [-0.4, -0.2) is 21.1 Å². The Bertz CT molecular complexity index is 1110. The van der Waals surface area contributed by atoms with Gasteiger partial charge in [0.05, 0.1) is 6.21 Å². The van der Waals surface area contributed by atoms with Crippen LogP contribution in [0.3, 0.4) is 0 Å². The van der Waals surface area contributed by atoms with E-state index in [2.05, 4.69) is 58.6 Å². The molecule has 0 saturated heterocycles. The van der Waals surface area contributed by atoms with E-state index in [1.165, 1.54) is 11.1 Å². The molecule has 0 aliphatic carbocycles. The van der Waals surface area contributed by atoms with E-state index in [4.69, 9.17) is 4.74 Å². The number of thioether (sulfide) groups is 1. The van der Waals surface area contributed by atoms with Crippen molar-refractivity contribution in [3.8, 4) is 5.75 Å². The molecular formula is C24H22N4OS. The molecule has 0 fully saturated rings. The maximum Gasteiger partial charge on any atom is 0.212 e. The van der Waals surface area contributed by atoms with Gasteiger partial charge in [0.1, 0.15) is 18.7 Å². The lowest BCUT2D eigenvalue weighted by molar-refractivity contribution is 0.306. The second-order valence-electron chi connectivity index (χ2n) is 6.79. The molecule has 0 bridgehead atoms. The summed E-state index contributed by atoms with van der Waals surface area (Å²) in [6, 6.07) is 26.5. The molecule has 150 valence electrons. The highest BCUT2D eigenvalue weighted by molar-refractivity contribution is 7.98. The van der Waals surface area contributed by atoms with Crippen LogP contribution in [0.1, 0.15) is 22.3 Å². The summed E-state index contributed by atoms with van der Waals surface area (Å²) in [4.78, 5) is 0. The average Bonchev–Trinajstić information content (AvgIpc) is 3.24. The zero-order valence-corrected chi connectivity index (χ0v) is 17.5. The Labute approximate surface area is 180 Å². The van der Waals surface area contributed by atoms with E-state index in [1.807, 2.05) is 42.5 Å². The average molecular weight is 415 g/mol. The van der Waals surface area contributed by atoms with Gasteiger partial charge in [0, 0.05) is 11.3 Å². The van der Waals surface area contributed by atoms with E-state index < -0.39 is 0 Å². The molecule has 0 aliphatic heterocycles. The third-order valence-corrected chi connectivity index (χ3v) is 5.47. The molecule has 5 nitrogen and oxygen atoms in total. The number of hydrogen-bond donors (Lipinski definition) is 0. The topological polar surface area (TPSA) is 52.3 Å². The molecule has 0 N–H and O–H groups in total. The van der Waals surface area contributed by atoms with Gasteiger partial charge in [-0.1, -0.05) is 84.1 Å². The van der Waals surface area contributed by atoms with Gasteiger partial charge >= 0.3 is 0 Å². The van der Waals surface area contributed by atoms with Crippen LogP contribution < -0.4 is 4.74 Å².